The largest absolute Gasteiger partial charge is 0.490 e. The van der Waals surface area contributed by atoms with Gasteiger partial charge in [-0.3, -0.25) is 9.79 Å². The van der Waals surface area contributed by atoms with Crippen LogP contribution in [0.5, 0.6) is 5.75 Å². The summed E-state index contributed by atoms with van der Waals surface area (Å²) in [5.74, 6) is 1.56. The smallest absolute Gasteiger partial charge is 0.222 e. The Balaban J connectivity index is 1.55. The fraction of sp³-hybridized carbons (Fsp3) is 0.667. The van der Waals surface area contributed by atoms with E-state index in [1.807, 2.05) is 24.8 Å². The Morgan fingerprint density at radius 3 is 2.77 bits per heavy atom. The van der Waals surface area contributed by atoms with Crippen LogP contribution in [0.3, 0.4) is 0 Å². The van der Waals surface area contributed by atoms with Crippen LogP contribution in [0.2, 0.25) is 0 Å². The topological polar surface area (TPSA) is 66.0 Å². The lowest BCUT2D eigenvalue weighted by Gasteiger charge is -2.26. The number of aliphatic imine (C=N–C) groups is 1. The van der Waals surface area contributed by atoms with Gasteiger partial charge < -0.3 is 20.3 Å². The molecule has 3 rings (SSSR count). The molecule has 0 bridgehead atoms. The Morgan fingerprint density at radius 2 is 2.16 bits per heavy atom. The van der Waals surface area contributed by atoms with E-state index in [9.17, 15) is 9.18 Å². The molecule has 2 aliphatic rings. The van der Waals surface area contributed by atoms with Crippen molar-refractivity contribution >= 4 is 11.9 Å². The highest BCUT2D eigenvalue weighted by Crippen LogP contribution is 2.30. The van der Waals surface area contributed by atoms with Crippen LogP contribution >= 0.6 is 0 Å². The van der Waals surface area contributed by atoms with Gasteiger partial charge in [0.25, 0.3) is 0 Å². The van der Waals surface area contributed by atoms with Crippen LogP contribution in [0.4, 0.5) is 4.39 Å². The van der Waals surface area contributed by atoms with Crippen LogP contribution in [-0.4, -0.2) is 49.0 Å². The van der Waals surface area contributed by atoms with Crippen LogP contribution in [0.15, 0.2) is 23.2 Å². The fourth-order valence-electron chi connectivity index (χ4n) is 3.96. The summed E-state index contributed by atoms with van der Waals surface area (Å²) in [7, 11) is 0. The molecule has 172 valence electrons. The van der Waals surface area contributed by atoms with E-state index in [1.54, 1.807) is 6.07 Å². The molecule has 2 atom stereocenters. The third-order valence-corrected chi connectivity index (χ3v) is 6.08. The maximum Gasteiger partial charge on any atom is 0.222 e. The van der Waals surface area contributed by atoms with Gasteiger partial charge in [-0.25, -0.2) is 4.39 Å². The third kappa shape index (κ3) is 6.84. The summed E-state index contributed by atoms with van der Waals surface area (Å²) < 4.78 is 20.0. The molecule has 1 aliphatic heterocycles. The van der Waals surface area contributed by atoms with Gasteiger partial charge in [0, 0.05) is 32.1 Å². The van der Waals surface area contributed by atoms with E-state index in [0.29, 0.717) is 37.2 Å². The number of guanidine groups is 1. The first kappa shape index (κ1) is 23.4. The Labute approximate surface area is 185 Å². The lowest BCUT2D eigenvalue weighted by atomic mass is 10.1. The minimum atomic E-state index is -0.324. The van der Waals surface area contributed by atoms with E-state index in [0.717, 1.165) is 37.9 Å². The van der Waals surface area contributed by atoms with Crippen LogP contribution in [0.1, 0.15) is 70.9 Å². The number of likely N-dealkylation sites (tertiary alicyclic amines) is 1. The van der Waals surface area contributed by atoms with Crippen LogP contribution < -0.4 is 15.4 Å². The summed E-state index contributed by atoms with van der Waals surface area (Å²) in [6.45, 7) is 8.97. The van der Waals surface area contributed by atoms with Crippen molar-refractivity contribution in [3.8, 4) is 5.75 Å². The van der Waals surface area contributed by atoms with Crippen molar-refractivity contribution in [3.05, 3.63) is 29.6 Å². The maximum atomic E-state index is 14.4. The molecule has 1 amide bonds. The highest BCUT2D eigenvalue weighted by atomic mass is 19.1. The van der Waals surface area contributed by atoms with Gasteiger partial charge in [0.2, 0.25) is 5.91 Å². The second-order valence-corrected chi connectivity index (χ2v) is 8.61. The molecule has 6 nitrogen and oxygen atoms in total. The number of benzene rings is 1. The SMILES string of the molecule is CCNC(=NCCC(CC)N1CCCC1=O)NC(C)c1ccc(OCC2CC2)c(F)c1. The van der Waals surface area contributed by atoms with E-state index in [2.05, 4.69) is 17.6 Å². The molecule has 0 aromatic heterocycles. The lowest BCUT2D eigenvalue weighted by Crippen LogP contribution is -2.39. The van der Waals surface area contributed by atoms with Gasteiger partial charge in [-0.2, -0.15) is 0 Å². The lowest BCUT2D eigenvalue weighted by molar-refractivity contribution is -0.129. The fourth-order valence-corrected chi connectivity index (χ4v) is 3.96. The normalized spacial score (nSPS) is 18.8. The Bertz CT molecular complexity index is 766. The van der Waals surface area contributed by atoms with Gasteiger partial charge in [0.1, 0.15) is 0 Å². The van der Waals surface area contributed by atoms with Crippen molar-refractivity contribution in [2.75, 3.05) is 26.2 Å². The molecule has 2 fully saturated rings. The number of ether oxygens (including phenoxy) is 1. The van der Waals surface area contributed by atoms with Crippen molar-refractivity contribution in [3.63, 3.8) is 0 Å². The first-order chi connectivity index (χ1) is 15.0. The molecule has 7 heteroatoms. The molecule has 1 aliphatic carbocycles. The van der Waals surface area contributed by atoms with E-state index < -0.39 is 0 Å². The quantitative estimate of drug-likeness (QED) is 0.409. The predicted molar refractivity (Wildman–Crippen MR) is 122 cm³/mol. The molecular weight excluding hydrogens is 395 g/mol. The number of amides is 1. The summed E-state index contributed by atoms with van der Waals surface area (Å²) >= 11 is 0. The number of hydrogen-bond acceptors (Lipinski definition) is 3. The number of carbonyl (C=O) groups excluding carboxylic acids is 1. The minimum Gasteiger partial charge on any atom is -0.490 e. The van der Waals surface area contributed by atoms with E-state index in [-0.39, 0.29) is 23.8 Å². The maximum absolute atomic E-state index is 14.4. The van der Waals surface area contributed by atoms with Gasteiger partial charge in [-0.15, -0.1) is 0 Å². The molecular formula is C24H37FN4O2. The zero-order valence-electron chi connectivity index (χ0n) is 19.1. The summed E-state index contributed by atoms with van der Waals surface area (Å²) in [5, 5.41) is 6.62. The van der Waals surface area contributed by atoms with Crippen LogP contribution in [0, 0.1) is 11.7 Å². The Hall–Kier alpha value is -2.31. The van der Waals surface area contributed by atoms with Gasteiger partial charge in [0.05, 0.1) is 12.6 Å². The summed E-state index contributed by atoms with van der Waals surface area (Å²) in [4.78, 5) is 18.7. The number of nitrogens with zero attached hydrogens (tertiary/aromatic N) is 2. The molecule has 1 saturated heterocycles. The Kier molecular flexibility index (Phi) is 8.55. The summed E-state index contributed by atoms with van der Waals surface area (Å²) in [6.07, 6.45) is 5.77. The van der Waals surface area contributed by atoms with Gasteiger partial charge in [-0.1, -0.05) is 13.0 Å². The second-order valence-electron chi connectivity index (χ2n) is 8.61. The molecule has 31 heavy (non-hydrogen) atoms. The van der Waals surface area contributed by atoms with Gasteiger partial charge in [0.15, 0.2) is 17.5 Å². The van der Waals surface area contributed by atoms with Crippen molar-refractivity contribution < 1.29 is 13.9 Å². The van der Waals surface area contributed by atoms with Gasteiger partial charge in [-0.05, 0) is 69.6 Å². The van der Waals surface area contributed by atoms with Crippen molar-refractivity contribution in [2.24, 2.45) is 10.9 Å². The highest BCUT2D eigenvalue weighted by molar-refractivity contribution is 5.80. The average molecular weight is 433 g/mol. The summed E-state index contributed by atoms with van der Waals surface area (Å²) in [5.41, 5.74) is 0.843. The molecule has 2 unspecified atom stereocenters. The van der Waals surface area contributed by atoms with Crippen molar-refractivity contribution in [1.29, 1.82) is 0 Å². The van der Waals surface area contributed by atoms with E-state index >= 15 is 0 Å². The van der Waals surface area contributed by atoms with E-state index in [4.69, 9.17) is 9.73 Å². The number of carbonyl (C=O) groups is 1. The van der Waals surface area contributed by atoms with Crippen LogP contribution in [0.25, 0.3) is 0 Å². The van der Waals surface area contributed by atoms with Crippen LogP contribution in [-0.2, 0) is 4.79 Å². The number of nitrogens with one attached hydrogen (secondary N) is 2. The number of halogens is 1. The molecule has 0 spiro atoms. The monoisotopic (exact) mass is 432 g/mol. The van der Waals surface area contributed by atoms with Crippen molar-refractivity contribution in [2.45, 2.75) is 71.4 Å². The second kappa shape index (κ2) is 11.3. The molecule has 1 aromatic rings. The zero-order valence-corrected chi connectivity index (χ0v) is 19.1. The minimum absolute atomic E-state index is 0.105. The summed E-state index contributed by atoms with van der Waals surface area (Å²) in [6, 6.07) is 5.30. The molecule has 1 heterocycles. The first-order valence-corrected chi connectivity index (χ1v) is 11.8. The molecule has 1 saturated carbocycles. The van der Waals surface area contributed by atoms with E-state index in [1.165, 1.54) is 18.9 Å². The van der Waals surface area contributed by atoms with Crippen molar-refractivity contribution in [1.82, 2.24) is 15.5 Å². The predicted octanol–water partition coefficient (Wildman–Crippen LogP) is 4.02. The van der Waals surface area contributed by atoms with Gasteiger partial charge >= 0.3 is 0 Å². The standard InChI is InChI=1S/C24H37FN4O2/c1-4-20(29-14-6-7-23(29)30)12-13-27-24(26-5-2)28-17(3)19-10-11-22(21(25)15-19)31-16-18-8-9-18/h10-11,15,17-18,20H,4-9,12-14,16H2,1-3H3,(H2,26,27,28). The molecule has 1 aromatic carbocycles. The molecule has 2 N–H and O–H groups in total. The first-order valence-electron chi connectivity index (χ1n) is 11.8. The third-order valence-electron chi connectivity index (χ3n) is 6.08. The Morgan fingerprint density at radius 1 is 1.35 bits per heavy atom. The number of rotatable bonds is 11. The highest BCUT2D eigenvalue weighted by Gasteiger charge is 2.26. The zero-order chi connectivity index (χ0) is 22.2. The molecule has 0 radical (unpaired) electrons. The number of hydrogen-bond donors (Lipinski definition) is 2. The average Bonchev–Trinajstić information content (AvgIpc) is 3.49.